The third-order valence-corrected chi connectivity index (χ3v) is 4.68. The molecule has 0 radical (unpaired) electrons. The highest BCUT2D eigenvalue weighted by molar-refractivity contribution is 7.99. The lowest BCUT2D eigenvalue weighted by atomic mass is 10.3. The van der Waals surface area contributed by atoms with Crippen LogP contribution in [0.5, 0.6) is 0 Å². The first-order chi connectivity index (χ1) is 15.3. The number of non-ortho nitro benzene ring substituents is 1. The Hall–Kier alpha value is -4.53. The highest BCUT2D eigenvalue weighted by atomic mass is 32.2. The van der Waals surface area contributed by atoms with Crippen LogP contribution in [0.1, 0.15) is 5.76 Å². The van der Waals surface area contributed by atoms with Gasteiger partial charge in [0.15, 0.2) is 5.16 Å². The number of rotatable bonds is 8. The summed E-state index contributed by atoms with van der Waals surface area (Å²) in [5.74, 6) is -0.987. The predicted octanol–water partition coefficient (Wildman–Crippen LogP) is 2.88. The molecule has 0 unspecified atom stereocenters. The highest BCUT2D eigenvalue weighted by Crippen LogP contribution is 2.26. The van der Waals surface area contributed by atoms with Crippen LogP contribution in [0.2, 0.25) is 0 Å². The number of nitrogens with one attached hydrogen (secondary N) is 1. The second-order valence-electron chi connectivity index (χ2n) is 5.84. The van der Waals surface area contributed by atoms with Crippen LogP contribution in [0, 0.1) is 20.2 Å². The normalized spacial score (nSPS) is 11.4. The van der Waals surface area contributed by atoms with Gasteiger partial charge < -0.3 is 9.52 Å². The van der Waals surface area contributed by atoms with Gasteiger partial charge in [-0.2, -0.15) is 5.10 Å². The number of carbonyl (C=O) groups is 2. The molecular formula is C17H12N6O8S. The molecule has 14 nitrogen and oxygen atoms in total. The van der Waals surface area contributed by atoms with Crippen LogP contribution in [0.4, 0.5) is 16.4 Å². The van der Waals surface area contributed by atoms with E-state index < -0.39 is 27.7 Å². The summed E-state index contributed by atoms with van der Waals surface area (Å²) in [6.07, 6.45) is 2.63. The molecule has 32 heavy (non-hydrogen) atoms. The molecule has 15 heteroatoms. The van der Waals surface area contributed by atoms with E-state index in [1.165, 1.54) is 36.6 Å². The number of amides is 1. The summed E-state index contributed by atoms with van der Waals surface area (Å²) < 4.78 is 5.73. The van der Waals surface area contributed by atoms with Crippen LogP contribution in [0.3, 0.4) is 0 Å². The number of aromatic nitrogens is 2. The lowest BCUT2D eigenvalue weighted by Crippen LogP contribution is -2.20. The number of hydrogen-bond donors (Lipinski definition) is 2. The summed E-state index contributed by atoms with van der Waals surface area (Å²) in [5, 5.41) is 34.5. The first kappa shape index (κ1) is 22.2. The molecule has 1 amide bonds. The first-order valence-electron chi connectivity index (χ1n) is 8.52. The van der Waals surface area contributed by atoms with Crippen molar-refractivity contribution in [3.8, 4) is 0 Å². The van der Waals surface area contributed by atoms with Crippen LogP contribution in [-0.4, -0.2) is 48.5 Å². The molecule has 3 rings (SSSR count). The fourth-order valence-corrected chi connectivity index (χ4v) is 3.22. The van der Waals surface area contributed by atoms with Crippen molar-refractivity contribution in [2.24, 2.45) is 5.10 Å². The average molecular weight is 460 g/mol. The SMILES string of the molecule is O=C(CSc1nc2cc([N+](=O)[O-])ccc2n1C(=O)O)N/N=C/C=C/c1ccc([N+](=O)[O-])o1. The van der Waals surface area contributed by atoms with E-state index in [9.17, 15) is 34.9 Å². The van der Waals surface area contributed by atoms with Gasteiger partial charge in [-0.05, 0) is 24.3 Å². The number of thioether (sulfide) groups is 1. The second kappa shape index (κ2) is 9.52. The van der Waals surface area contributed by atoms with Crippen molar-refractivity contribution in [2.75, 3.05) is 5.75 Å². The number of imidazole rings is 1. The number of hydrogen-bond acceptors (Lipinski definition) is 10. The lowest BCUT2D eigenvalue weighted by Gasteiger charge is -2.02. The van der Waals surface area contributed by atoms with Crippen LogP contribution in [0.15, 0.2) is 51.1 Å². The summed E-state index contributed by atoms with van der Waals surface area (Å²) in [6.45, 7) is 0. The molecule has 164 valence electrons. The standard InChI is InChI=1S/C17H12N6O8S/c24-14(20-18-7-1-2-11-4-6-15(31-11)23(29)30)9-32-16-19-12-8-10(22(27)28)3-5-13(12)21(16)17(25)26/h1-8H,9H2,(H,20,24)(H,25,26)/b2-1+,18-7+. The van der Waals surface area contributed by atoms with Crippen molar-refractivity contribution in [3.05, 3.63) is 62.4 Å². The van der Waals surface area contributed by atoms with Crippen molar-refractivity contribution in [1.82, 2.24) is 15.0 Å². The number of fused-ring (bicyclic) bond motifs is 1. The van der Waals surface area contributed by atoms with Crippen molar-refractivity contribution in [3.63, 3.8) is 0 Å². The number of furan rings is 1. The topological polar surface area (TPSA) is 196 Å². The van der Waals surface area contributed by atoms with Crippen LogP contribution in [-0.2, 0) is 4.79 Å². The van der Waals surface area contributed by atoms with Gasteiger partial charge in [0.05, 0.1) is 27.8 Å². The van der Waals surface area contributed by atoms with E-state index in [2.05, 4.69) is 15.5 Å². The fraction of sp³-hybridized carbons (Fsp3) is 0.0588. The lowest BCUT2D eigenvalue weighted by molar-refractivity contribution is -0.402. The average Bonchev–Trinajstić information content (AvgIpc) is 3.35. The van der Waals surface area contributed by atoms with Gasteiger partial charge in [-0.1, -0.05) is 11.8 Å². The smallest absolute Gasteiger partial charge is 0.433 e. The maximum Gasteiger partial charge on any atom is 0.433 e. The van der Waals surface area contributed by atoms with E-state index in [1.54, 1.807) is 0 Å². The largest absolute Gasteiger partial charge is 0.464 e. The molecule has 2 heterocycles. The van der Waals surface area contributed by atoms with Crippen LogP contribution in [0.25, 0.3) is 17.1 Å². The predicted molar refractivity (Wildman–Crippen MR) is 112 cm³/mol. The van der Waals surface area contributed by atoms with Gasteiger partial charge in [0.25, 0.3) is 11.6 Å². The van der Waals surface area contributed by atoms with E-state index in [0.29, 0.717) is 0 Å². The minimum atomic E-state index is -1.36. The Morgan fingerprint density at radius 1 is 1.25 bits per heavy atom. The third-order valence-electron chi connectivity index (χ3n) is 3.74. The molecule has 0 saturated carbocycles. The molecule has 0 atom stereocenters. The van der Waals surface area contributed by atoms with Crippen molar-refractivity contribution in [2.45, 2.75) is 5.16 Å². The van der Waals surface area contributed by atoms with Gasteiger partial charge in [0, 0.05) is 18.3 Å². The summed E-state index contributed by atoms with van der Waals surface area (Å²) in [5.41, 5.74) is 2.22. The Morgan fingerprint density at radius 3 is 2.69 bits per heavy atom. The van der Waals surface area contributed by atoms with Crippen molar-refractivity contribution >= 4 is 58.7 Å². The van der Waals surface area contributed by atoms with Gasteiger partial charge >= 0.3 is 12.0 Å². The van der Waals surface area contributed by atoms with Gasteiger partial charge in [-0.3, -0.25) is 25.0 Å². The zero-order valence-electron chi connectivity index (χ0n) is 15.8. The van der Waals surface area contributed by atoms with E-state index >= 15 is 0 Å². The molecule has 1 aromatic carbocycles. The van der Waals surface area contributed by atoms with Crippen molar-refractivity contribution < 1.29 is 29.0 Å². The number of nitro benzene ring substituents is 1. The molecule has 0 fully saturated rings. The maximum atomic E-state index is 11.9. The fourth-order valence-electron chi connectivity index (χ4n) is 2.42. The minimum absolute atomic E-state index is 0.0357. The summed E-state index contributed by atoms with van der Waals surface area (Å²) in [6, 6.07) is 6.15. The molecule has 0 spiro atoms. The Balaban J connectivity index is 1.60. The molecule has 2 aromatic heterocycles. The number of benzene rings is 1. The Kier molecular flexibility index (Phi) is 6.59. The molecule has 0 saturated heterocycles. The van der Waals surface area contributed by atoms with E-state index in [1.807, 2.05) is 0 Å². The Morgan fingerprint density at radius 2 is 2.03 bits per heavy atom. The zero-order valence-corrected chi connectivity index (χ0v) is 16.6. The summed E-state index contributed by atoms with van der Waals surface area (Å²) >= 11 is 0.808. The molecule has 3 aromatic rings. The Bertz CT molecular complexity index is 1280. The number of nitrogens with zero attached hydrogens (tertiary/aromatic N) is 5. The quantitative estimate of drug-likeness (QED) is 0.218. The zero-order chi connectivity index (χ0) is 23.3. The molecule has 0 bridgehead atoms. The highest BCUT2D eigenvalue weighted by Gasteiger charge is 2.19. The van der Waals surface area contributed by atoms with Gasteiger partial charge in [0.1, 0.15) is 10.7 Å². The number of hydrazone groups is 1. The number of nitro groups is 2. The first-order valence-corrected chi connectivity index (χ1v) is 9.50. The number of allylic oxidation sites excluding steroid dienone is 1. The molecular weight excluding hydrogens is 448 g/mol. The van der Waals surface area contributed by atoms with Gasteiger partial charge in [-0.25, -0.2) is 19.8 Å². The molecule has 2 N–H and O–H groups in total. The van der Waals surface area contributed by atoms with E-state index in [0.717, 1.165) is 28.5 Å². The summed E-state index contributed by atoms with van der Waals surface area (Å²) in [4.78, 5) is 47.7. The van der Waals surface area contributed by atoms with E-state index in [4.69, 9.17) is 4.42 Å². The maximum absolute atomic E-state index is 11.9. The summed E-state index contributed by atoms with van der Waals surface area (Å²) in [7, 11) is 0. The van der Waals surface area contributed by atoms with Crippen molar-refractivity contribution in [1.29, 1.82) is 0 Å². The third kappa shape index (κ3) is 5.14. The Labute approximate surface area is 181 Å². The molecule has 0 aliphatic rings. The molecule has 0 aliphatic carbocycles. The minimum Gasteiger partial charge on any atom is -0.464 e. The number of carbonyl (C=O) groups excluding carboxylic acids is 1. The van der Waals surface area contributed by atoms with Gasteiger partial charge in [-0.15, -0.1) is 0 Å². The number of carboxylic acid groups (broad SMARTS) is 1. The second-order valence-corrected chi connectivity index (χ2v) is 6.78. The van der Waals surface area contributed by atoms with Crippen LogP contribution >= 0.6 is 11.8 Å². The monoisotopic (exact) mass is 460 g/mol. The van der Waals surface area contributed by atoms with E-state index in [-0.39, 0.29) is 33.4 Å². The van der Waals surface area contributed by atoms with Crippen LogP contribution < -0.4 is 5.43 Å². The molecule has 0 aliphatic heterocycles. The van der Waals surface area contributed by atoms with Gasteiger partial charge in [0.2, 0.25) is 0 Å².